The maximum Gasteiger partial charge on any atom is 0.0277 e. The highest BCUT2D eigenvalue weighted by Gasteiger charge is 2.30. The number of piperazine rings is 1. The summed E-state index contributed by atoms with van der Waals surface area (Å²) >= 11 is 0. The summed E-state index contributed by atoms with van der Waals surface area (Å²) in [4.78, 5) is 4.85. The molecule has 0 aliphatic carbocycles. The van der Waals surface area contributed by atoms with Crippen molar-refractivity contribution in [3.8, 4) is 0 Å². The highest BCUT2D eigenvalue weighted by Crippen LogP contribution is 2.18. The Bertz CT molecular complexity index is 211. The highest BCUT2D eigenvalue weighted by atomic mass is 15.3. The Morgan fingerprint density at radius 3 is 2.57 bits per heavy atom. The van der Waals surface area contributed by atoms with E-state index in [9.17, 15) is 0 Å². The molecule has 1 aliphatic heterocycles. The van der Waals surface area contributed by atoms with Crippen molar-refractivity contribution < 1.29 is 0 Å². The van der Waals surface area contributed by atoms with Gasteiger partial charge in [-0.25, -0.2) is 0 Å². The van der Waals surface area contributed by atoms with Gasteiger partial charge in [-0.05, 0) is 26.5 Å². The zero-order chi connectivity index (χ0) is 10.8. The minimum atomic E-state index is 0.271. The number of nitrogens with zero attached hydrogens (tertiary/aromatic N) is 2. The molecule has 1 fully saturated rings. The molecule has 14 heavy (non-hydrogen) atoms. The van der Waals surface area contributed by atoms with Gasteiger partial charge >= 0.3 is 0 Å². The monoisotopic (exact) mass is 197 g/mol. The van der Waals surface area contributed by atoms with Crippen LogP contribution in [0.15, 0.2) is 12.2 Å². The van der Waals surface area contributed by atoms with Crippen molar-refractivity contribution in [1.82, 2.24) is 9.80 Å². The van der Waals surface area contributed by atoms with Crippen LogP contribution in [0.1, 0.15) is 13.8 Å². The van der Waals surface area contributed by atoms with Crippen molar-refractivity contribution >= 4 is 0 Å². The van der Waals surface area contributed by atoms with E-state index in [0.717, 1.165) is 31.8 Å². The van der Waals surface area contributed by atoms with Crippen molar-refractivity contribution in [3.05, 3.63) is 12.2 Å². The average Bonchev–Trinajstić information content (AvgIpc) is 2.11. The SMILES string of the molecule is C=C(CN)CN1CCN(C)C(C)(C)C1. The number of hydrogen-bond acceptors (Lipinski definition) is 3. The molecule has 0 aromatic heterocycles. The molecule has 1 aliphatic rings. The second kappa shape index (κ2) is 4.43. The Hall–Kier alpha value is -0.380. The largest absolute Gasteiger partial charge is 0.327 e. The summed E-state index contributed by atoms with van der Waals surface area (Å²) in [5.74, 6) is 0. The Kier molecular flexibility index (Phi) is 3.70. The second-order valence-electron chi connectivity index (χ2n) is 4.90. The van der Waals surface area contributed by atoms with E-state index in [2.05, 4.69) is 37.3 Å². The summed E-state index contributed by atoms with van der Waals surface area (Å²) in [6, 6.07) is 0. The minimum Gasteiger partial charge on any atom is -0.327 e. The lowest BCUT2D eigenvalue weighted by molar-refractivity contribution is 0.0450. The Morgan fingerprint density at radius 1 is 1.43 bits per heavy atom. The van der Waals surface area contributed by atoms with Crippen LogP contribution in [0.4, 0.5) is 0 Å². The van der Waals surface area contributed by atoms with Gasteiger partial charge in [0.05, 0.1) is 0 Å². The normalized spacial score (nSPS) is 23.7. The molecule has 1 rings (SSSR count). The molecule has 3 heteroatoms. The van der Waals surface area contributed by atoms with Gasteiger partial charge in [-0.3, -0.25) is 9.80 Å². The molecule has 0 bridgehead atoms. The lowest BCUT2D eigenvalue weighted by atomic mass is 9.99. The van der Waals surface area contributed by atoms with E-state index in [-0.39, 0.29) is 5.54 Å². The fourth-order valence-electron chi connectivity index (χ4n) is 1.86. The molecular weight excluding hydrogens is 174 g/mol. The van der Waals surface area contributed by atoms with Crippen molar-refractivity contribution in [3.63, 3.8) is 0 Å². The van der Waals surface area contributed by atoms with Gasteiger partial charge in [0.15, 0.2) is 0 Å². The van der Waals surface area contributed by atoms with Crippen molar-refractivity contribution in [2.45, 2.75) is 19.4 Å². The van der Waals surface area contributed by atoms with Crippen LogP contribution in [0.25, 0.3) is 0 Å². The Balaban J connectivity index is 2.47. The fraction of sp³-hybridized carbons (Fsp3) is 0.818. The molecule has 1 saturated heterocycles. The summed E-state index contributed by atoms with van der Waals surface area (Å²) < 4.78 is 0. The van der Waals surface area contributed by atoms with Crippen molar-refractivity contribution in [1.29, 1.82) is 0 Å². The number of likely N-dealkylation sites (N-methyl/N-ethyl adjacent to an activating group) is 1. The van der Waals surface area contributed by atoms with Crippen LogP contribution < -0.4 is 5.73 Å². The fourth-order valence-corrected chi connectivity index (χ4v) is 1.86. The highest BCUT2D eigenvalue weighted by molar-refractivity contribution is 5.01. The summed E-state index contributed by atoms with van der Waals surface area (Å²) in [6.07, 6.45) is 0. The first-order valence-corrected chi connectivity index (χ1v) is 5.26. The van der Waals surface area contributed by atoms with E-state index in [1.54, 1.807) is 0 Å². The van der Waals surface area contributed by atoms with Crippen LogP contribution in [0.5, 0.6) is 0 Å². The van der Waals surface area contributed by atoms with Gasteiger partial charge in [-0.1, -0.05) is 6.58 Å². The van der Waals surface area contributed by atoms with E-state index in [1.807, 2.05) is 0 Å². The molecule has 82 valence electrons. The molecule has 0 aromatic rings. The molecule has 2 N–H and O–H groups in total. The van der Waals surface area contributed by atoms with Gasteiger partial charge in [-0.2, -0.15) is 0 Å². The van der Waals surface area contributed by atoms with E-state index in [0.29, 0.717) is 6.54 Å². The summed E-state index contributed by atoms with van der Waals surface area (Å²) in [5.41, 5.74) is 6.95. The summed E-state index contributed by atoms with van der Waals surface area (Å²) in [7, 11) is 2.19. The van der Waals surface area contributed by atoms with Gasteiger partial charge in [0.2, 0.25) is 0 Å². The Labute approximate surface area is 87.6 Å². The summed E-state index contributed by atoms with van der Waals surface area (Å²) in [6.45, 7) is 13.4. The van der Waals surface area contributed by atoms with Crippen molar-refractivity contribution in [2.24, 2.45) is 5.73 Å². The summed E-state index contributed by atoms with van der Waals surface area (Å²) in [5, 5.41) is 0. The maximum atomic E-state index is 5.55. The molecule has 3 nitrogen and oxygen atoms in total. The van der Waals surface area contributed by atoms with Gasteiger partial charge in [0, 0.05) is 38.3 Å². The minimum absolute atomic E-state index is 0.271. The predicted molar refractivity (Wildman–Crippen MR) is 61.3 cm³/mol. The molecular formula is C11H23N3. The molecule has 0 saturated carbocycles. The Morgan fingerprint density at radius 2 is 2.07 bits per heavy atom. The van der Waals surface area contributed by atoms with E-state index in [4.69, 9.17) is 5.73 Å². The zero-order valence-corrected chi connectivity index (χ0v) is 9.71. The van der Waals surface area contributed by atoms with Crippen molar-refractivity contribution in [2.75, 3.05) is 39.8 Å². The standard InChI is InChI=1S/C11H23N3/c1-10(7-12)8-14-6-5-13(4)11(2,3)9-14/h1,5-9,12H2,2-4H3. The van der Waals surface area contributed by atoms with Gasteiger partial charge in [0.1, 0.15) is 0 Å². The molecule has 1 heterocycles. The third-order valence-corrected chi connectivity index (χ3v) is 3.13. The number of rotatable bonds is 3. The number of nitrogens with two attached hydrogens (primary N) is 1. The predicted octanol–water partition coefficient (Wildman–Crippen LogP) is 0.527. The second-order valence-corrected chi connectivity index (χ2v) is 4.90. The van der Waals surface area contributed by atoms with Gasteiger partial charge in [-0.15, -0.1) is 0 Å². The van der Waals surface area contributed by atoms with E-state index >= 15 is 0 Å². The van der Waals surface area contributed by atoms with Gasteiger partial charge < -0.3 is 5.73 Å². The lowest BCUT2D eigenvalue weighted by Crippen LogP contribution is -2.57. The molecule has 0 amide bonds. The molecule has 0 aromatic carbocycles. The van der Waals surface area contributed by atoms with Crippen LogP contribution in [0.3, 0.4) is 0 Å². The third-order valence-electron chi connectivity index (χ3n) is 3.13. The van der Waals surface area contributed by atoms with Gasteiger partial charge in [0.25, 0.3) is 0 Å². The molecule has 0 atom stereocenters. The first-order chi connectivity index (χ1) is 6.45. The van der Waals surface area contributed by atoms with Crippen LogP contribution in [0, 0.1) is 0 Å². The first-order valence-electron chi connectivity index (χ1n) is 5.26. The molecule has 0 unspecified atom stereocenters. The van der Waals surface area contributed by atoms with E-state index in [1.165, 1.54) is 0 Å². The van der Waals surface area contributed by atoms with Crippen LogP contribution >= 0.6 is 0 Å². The average molecular weight is 197 g/mol. The molecule has 0 spiro atoms. The van der Waals surface area contributed by atoms with Crippen LogP contribution in [0.2, 0.25) is 0 Å². The van der Waals surface area contributed by atoms with Crippen LogP contribution in [-0.4, -0.2) is 55.1 Å². The lowest BCUT2D eigenvalue weighted by Gasteiger charge is -2.45. The quantitative estimate of drug-likeness (QED) is 0.670. The maximum absolute atomic E-state index is 5.55. The van der Waals surface area contributed by atoms with Crippen LogP contribution in [-0.2, 0) is 0 Å². The zero-order valence-electron chi connectivity index (χ0n) is 9.71. The third kappa shape index (κ3) is 2.80. The van der Waals surface area contributed by atoms with E-state index < -0.39 is 0 Å². The smallest absolute Gasteiger partial charge is 0.0277 e. The number of hydrogen-bond donors (Lipinski definition) is 1. The topological polar surface area (TPSA) is 32.5 Å². The first kappa shape index (κ1) is 11.7. The molecule has 0 radical (unpaired) electrons.